The SMILES string of the molecule is CCCC[S+]([O-])CCCC.c1ccsc1. The molecule has 1 aromatic heterocycles. The summed E-state index contributed by atoms with van der Waals surface area (Å²) in [6.45, 7) is 4.27. The molecular formula is C12H22OS2. The van der Waals surface area contributed by atoms with Gasteiger partial charge in [-0.25, -0.2) is 0 Å². The van der Waals surface area contributed by atoms with E-state index in [2.05, 4.69) is 13.8 Å². The van der Waals surface area contributed by atoms with Crippen LogP contribution < -0.4 is 0 Å². The minimum Gasteiger partial charge on any atom is -0.616 e. The van der Waals surface area contributed by atoms with E-state index in [1.807, 2.05) is 22.9 Å². The summed E-state index contributed by atoms with van der Waals surface area (Å²) >= 11 is 1.19. The smallest absolute Gasteiger partial charge is 0.105 e. The van der Waals surface area contributed by atoms with Gasteiger partial charge in [0.2, 0.25) is 0 Å². The van der Waals surface area contributed by atoms with Crippen molar-refractivity contribution in [3.63, 3.8) is 0 Å². The maximum absolute atomic E-state index is 11.1. The van der Waals surface area contributed by atoms with Gasteiger partial charge in [0, 0.05) is 0 Å². The van der Waals surface area contributed by atoms with Crippen molar-refractivity contribution in [3.8, 4) is 0 Å². The molecular weight excluding hydrogens is 224 g/mol. The molecule has 0 aliphatic rings. The van der Waals surface area contributed by atoms with Gasteiger partial charge in [-0.05, 0) is 23.6 Å². The van der Waals surface area contributed by atoms with E-state index in [0.717, 1.165) is 37.2 Å². The Hall–Kier alpha value is 0.01000. The minimum absolute atomic E-state index is 0.520. The second-order valence-corrected chi connectivity index (χ2v) is 5.86. The van der Waals surface area contributed by atoms with Crippen LogP contribution in [0.3, 0.4) is 0 Å². The van der Waals surface area contributed by atoms with Crippen LogP contribution in [0.25, 0.3) is 0 Å². The van der Waals surface area contributed by atoms with Crippen LogP contribution in [0.5, 0.6) is 0 Å². The third kappa shape index (κ3) is 11.9. The van der Waals surface area contributed by atoms with Crippen LogP contribution in [0.2, 0.25) is 0 Å². The van der Waals surface area contributed by atoms with Crippen molar-refractivity contribution in [1.82, 2.24) is 0 Å². The lowest BCUT2D eigenvalue weighted by atomic mass is 10.4. The zero-order valence-electron chi connectivity index (χ0n) is 9.78. The van der Waals surface area contributed by atoms with Crippen LogP contribution in [0.4, 0.5) is 0 Å². The molecule has 0 aliphatic carbocycles. The second-order valence-electron chi connectivity index (χ2n) is 3.35. The molecule has 1 nitrogen and oxygen atoms in total. The first-order chi connectivity index (χ1) is 7.31. The highest BCUT2D eigenvalue weighted by atomic mass is 32.2. The Balaban J connectivity index is 0.000000322. The lowest BCUT2D eigenvalue weighted by Gasteiger charge is -2.08. The van der Waals surface area contributed by atoms with Crippen LogP contribution in [0, 0.1) is 0 Å². The molecule has 15 heavy (non-hydrogen) atoms. The molecule has 0 saturated carbocycles. The zero-order chi connectivity index (χ0) is 11.4. The summed E-state index contributed by atoms with van der Waals surface area (Å²) < 4.78 is 11.1. The van der Waals surface area contributed by atoms with Crippen LogP contribution in [-0.2, 0) is 11.2 Å². The second kappa shape index (κ2) is 12.1. The van der Waals surface area contributed by atoms with Crippen molar-refractivity contribution in [2.24, 2.45) is 0 Å². The maximum atomic E-state index is 11.1. The molecule has 0 saturated heterocycles. The summed E-state index contributed by atoms with van der Waals surface area (Å²) in [5.74, 6) is 1.83. The minimum atomic E-state index is -0.520. The van der Waals surface area contributed by atoms with Gasteiger partial charge in [0.25, 0.3) is 0 Å². The van der Waals surface area contributed by atoms with E-state index in [-0.39, 0.29) is 0 Å². The van der Waals surface area contributed by atoms with Gasteiger partial charge in [-0.1, -0.05) is 50.0 Å². The molecule has 88 valence electrons. The van der Waals surface area contributed by atoms with Gasteiger partial charge in [0.1, 0.15) is 11.5 Å². The van der Waals surface area contributed by atoms with Gasteiger partial charge in [-0.15, -0.1) is 0 Å². The fraction of sp³-hybridized carbons (Fsp3) is 0.667. The average Bonchev–Trinajstić information content (AvgIpc) is 2.82. The van der Waals surface area contributed by atoms with E-state index in [1.165, 1.54) is 0 Å². The predicted octanol–water partition coefficient (Wildman–Crippen LogP) is 4.08. The van der Waals surface area contributed by atoms with E-state index in [1.54, 1.807) is 11.3 Å². The van der Waals surface area contributed by atoms with Crippen molar-refractivity contribution in [2.45, 2.75) is 39.5 Å². The molecule has 0 N–H and O–H groups in total. The molecule has 3 heteroatoms. The molecule has 1 rings (SSSR count). The van der Waals surface area contributed by atoms with E-state index in [9.17, 15) is 4.55 Å². The maximum Gasteiger partial charge on any atom is 0.105 e. The predicted molar refractivity (Wildman–Crippen MR) is 72.0 cm³/mol. The van der Waals surface area contributed by atoms with Crippen LogP contribution >= 0.6 is 11.3 Å². The Labute approximate surface area is 101 Å². The average molecular weight is 246 g/mol. The lowest BCUT2D eigenvalue weighted by Crippen LogP contribution is -2.10. The Morgan fingerprint density at radius 3 is 1.73 bits per heavy atom. The number of hydrogen-bond donors (Lipinski definition) is 0. The van der Waals surface area contributed by atoms with E-state index < -0.39 is 11.2 Å². The van der Waals surface area contributed by atoms with Crippen molar-refractivity contribution in [1.29, 1.82) is 0 Å². The van der Waals surface area contributed by atoms with E-state index in [4.69, 9.17) is 0 Å². The normalized spacial score (nSPS) is 9.87. The zero-order valence-corrected chi connectivity index (χ0v) is 11.4. The highest BCUT2D eigenvalue weighted by Crippen LogP contribution is 2.00. The summed E-state index contributed by atoms with van der Waals surface area (Å²) in [7, 11) is 0. The first-order valence-electron chi connectivity index (χ1n) is 5.63. The van der Waals surface area contributed by atoms with Crippen molar-refractivity contribution < 1.29 is 4.55 Å². The fourth-order valence-electron chi connectivity index (χ4n) is 0.940. The van der Waals surface area contributed by atoms with Gasteiger partial charge in [0.05, 0.1) is 0 Å². The summed E-state index contributed by atoms with van der Waals surface area (Å²) in [4.78, 5) is 0. The Morgan fingerprint density at radius 2 is 1.47 bits per heavy atom. The molecule has 1 aromatic rings. The molecule has 0 aromatic carbocycles. The number of hydrogen-bond acceptors (Lipinski definition) is 2. The van der Waals surface area contributed by atoms with Gasteiger partial charge in [0.15, 0.2) is 0 Å². The molecule has 0 aliphatic heterocycles. The van der Waals surface area contributed by atoms with Gasteiger partial charge in [-0.3, -0.25) is 0 Å². The molecule has 0 fully saturated rings. The number of rotatable bonds is 6. The third-order valence-electron chi connectivity index (χ3n) is 1.88. The molecule has 0 unspecified atom stereocenters. The summed E-state index contributed by atoms with van der Waals surface area (Å²) in [5.41, 5.74) is 0. The van der Waals surface area contributed by atoms with Crippen molar-refractivity contribution in [2.75, 3.05) is 11.5 Å². The summed E-state index contributed by atoms with van der Waals surface area (Å²) in [5, 5.41) is 4.08. The molecule has 0 bridgehead atoms. The van der Waals surface area contributed by atoms with Gasteiger partial charge >= 0.3 is 0 Å². The quantitative estimate of drug-likeness (QED) is 0.694. The highest BCUT2D eigenvalue weighted by molar-refractivity contribution is 7.91. The van der Waals surface area contributed by atoms with Crippen molar-refractivity contribution in [3.05, 3.63) is 22.9 Å². The van der Waals surface area contributed by atoms with Crippen molar-refractivity contribution >= 4 is 22.5 Å². The third-order valence-corrected chi connectivity index (χ3v) is 3.99. The summed E-state index contributed by atoms with van der Waals surface area (Å²) in [6.07, 6.45) is 4.57. The molecule has 0 atom stereocenters. The largest absolute Gasteiger partial charge is 0.616 e. The van der Waals surface area contributed by atoms with E-state index >= 15 is 0 Å². The molecule has 0 spiro atoms. The number of unbranched alkanes of at least 4 members (excludes halogenated alkanes) is 2. The first-order valence-corrected chi connectivity index (χ1v) is 8.06. The van der Waals surface area contributed by atoms with Crippen LogP contribution in [0.15, 0.2) is 22.9 Å². The fourth-order valence-corrected chi connectivity index (χ4v) is 2.82. The number of thiophene rings is 1. The van der Waals surface area contributed by atoms with E-state index in [0.29, 0.717) is 0 Å². The topological polar surface area (TPSA) is 23.1 Å². The Bertz CT molecular complexity index is 162. The first kappa shape index (κ1) is 15.0. The molecule has 0 amide bonds. The van der Waals surface area contributed by atoms with Crippen LogP contribution in [0.1, 0.15) is 39.5 Å². The van der Waals surface area contributed by atoms with Gasteiger partial charge in [-0.2, -0.15) is 11.3 Å². The summed E-state index contributed by atoms with van der Waals surface area (Å²) in [6, 6.07) is 4.04. The highest BCUT2D eigenvalue weighted by Gasteiger charge is 2.02. The Kier molecular flexibility index (Phi) is 12.1. The molecule has 1 heterocycles. The lowest BCUT2D eigenvalue weighted by molar-refractivity contribution is 0.588. The monoisotopic (exact) mass is 246 g/mol. The standard InChI is InChI=1S/C8H18OS.C4H4S/c1-3-5-7-10(9)8-6-4-2;1-2-4-5-3-1/h3-8H2,1-2H3;1-4H. The Morgan fingerprint density at radius 1 is 1.00 bits per heavy atom. The molecule has 0 radical (unpaired) electrons. The van der Waals surface area contributed by atoms with Gasteiger partial charge < -0.3 is 4.55 Å². The van der Waals surface area contributed by atoms with Crippen LogP contribution in [-0.4, -0.2) is 16.1 Å².